The first-order chi connectivity index (χ1) is 19.2. The number of rotatable bonds is 6. The number of nitrogens with one attached hydrogen (secondary N) is 1. The normalized spacial score (nSPS) is 17.5. The molecule has 1 aliphatic carbocycles. The van der Waals surface area contributed by atoms with E-state index in [1.807, 2.05) is 82.4 Å². The summed E-state index contributed by atoms with van der Waals surface area (Å²) in [5.74, 6) is 0.00310. The van der Waals surface area contributed by atoms with Crippen LogP contribution in [0.25, 0.3) is 28.0 Å². The van der Waals surface area contributed by atoms with Gasteiger partial charge < -0.3 is 19.4 Å². The fourth-order valence-electron chi connectivity index (χ4n) is 5.43. The lowest BCUT2D eigenvalue weighted by atomic mass is 9.77. The molecule has 0 unspecified atom stereocenters. The average Bonchev–Trinajstić information content (AvgIpc) is 3.38. The van der Waals surface area contributed by atoms with Crippen molar-refractivity contribution < 1.29 is 18.8 Å². The van der Waals surface area contributed by atoms with Gasteiger partial charge in [-0.05, 0) is 78.5 Å². The molecule has 1 aliphatic heterocycles. The van der Waals surface area contributed by atoms with Crippen LogP contribution in [-0.4, -0.2) is 42.5 Å². The predicted octanol–water partition coefficient (Wildman–Crippen LogP) is 6.79. The minimum atomic E-state index is -0.605. The lowest BCUT2D eigenvalue weighted by molar-refractivity contribution is 0.00578. The van der Waals surface area contributed by atoms with Crippen molar-refractivity contribution >= 4 is 30.1 Å². The van der Waals surface area contributed by atoms with Crippen LogP contribution < -0.4 is 5.32 Å². The number of ether oxygens (including phenoxy) is 1. The number of amides is 1. The Labute approximate surface area is 235 Å². The summed E-state index contributed by atoms with van der Waals surface area (Å²) in [4.78, 5) is 17.2. The van der Waals surface area contributed by atoms with Crippen molar-refractivity contribution in [2.24, 2.45) is 0 Å². The van der Waals surface area contributed by atoms with Crippen LogP contribution in [0.3, 0.4) is 0 Å². The molecule has 202 valence electrons. The van der Waals surface area contributed by atoms with Crippen LogP contribution in [0.5, 0.6) is 0 Å². The Hall–Kier alpha value is -3.94. The fourth-order valence-corrected chi connectivity index (χ4v) is 5.43. The zero-order valence-electron chi connectivity index (χ0n) is 23.3. The molecule has 0 bridgehead atoms. The smallest absolute Gasteiger partial charge is 0.449 e. The Morgan fingerprint density at radius 3 is 2.25 bits per heavy atom. The van der Waals surface area contributed by atoms with Gasteiger partial charge in [0.1, 0.15) is 6.61 Å². The zero-order chi connectivity index (χ0) is 27.9. The quantitative estimate of drug-likeness (QED) is 0.277. The van der Waals surface area contributed by atoms with Crippen molar-refractivity contribution in [3.63, 3.8) is 0 Å². The molecule has 0 saturated carbocycles. The molecule has 40 heavy (non-hydrogen) atoms. The van der Waals surface area contributed by atoms with Crippen LogP contribution >= 0.6 is 0 Å². The van der Waals surface area contributed by atoms with E-state index >= 15 is 0 Å². The number of carbonyl (C=O) groups is 1. The highest BCUT2D eigenvalue weighted by molar-refractivity contribution is 6.56. The lowest BCUT2D eigenvalue weighted by Crippen LogP contribution is -2.41. The maximum Gasteiger partial charge on any atom is 0.492 e. The Morgan fingerprint density at radius 1 is 0.925 bits per heavy atom. The molecule has 3 aromatic carbocycles. The second kappa shape index (κ2) is 10.2. The minimum Gasteiger partial charge on any atom is -0.449 e. The minimum absolute atomic E-state index is 0.00310. The van der Waals surface area contributed by atoms with Crippen LogP contribution in [0.1, 0.15) is 50.3 Å². The monoisotopic (exact) mass is 532 g/mol. The highest BCUT2D eigenvalue weighted by atomic mass is 16.7. The molecular weight excluding hydrogens is 499 g/mol. The summed E-state index contributed by atoms with van der Waals surface area (Å²) in [5, 5.41) is 5.09. The van der Waals surface area contributed by atoms with Gasteiger partial charge >= 0.3 is 13.2 Å². The molecule has 6 rings (SSSR count). The number of hydrogen-bond acceptors (Lipinski definition) is 5. The van der Waals surface area contributed by atoms with E-state index in [-0.39, 0.29) is 19.1 Å². The standard InChI is InChI=1S/C33H33BN2O4/c1-32(2)33(3,4)40-34(39-32)25(18-22-13-14-24-19-35-16-15-23(24)17-22)20-36-31(37)38-21-30-28-11-7-5-9-26(28)27-10-6-8-12-29(27)30/h5-19,30H,20-21H2,1-4H3,(H,36,37). The highest BCUT2D eigenvalue weighted by Gasteiger charge is 2.52. The molecular formula is C33H33BN2O4. The van der Waals surface area contributed by atoms with Crippen molar-refractivity contribution in [2.45, 2.75) is 44.8 Å². The first kappa shape index (κ1) is 26.3. The Bertz CT molecular complexity index is 1550. The molecule has 0 spiro atoms. The number of nitrogens with zero attached hydrogens (tertiary/aromatic N) is 1. The molecule has 0 radical (unpaired) electrons. The summed E-state index contributed by atoms with van der Waals surface area (Å²) in [6, 6.07) is 24.8. The van der Waals surface area contributed by atoms with Gasteiger partial charge in [0.2, 0.25) is 0 Å². The summed E-state index contributed by atoms with van der Waals surface area (Å²) >= 11 is 0. The van der Waals surface area contributed by atoms with Crippen molar-refractivity contribution in [3.8, 4) is 11.1 Å². The maximum atomic E-state index is 13.0. The van der Waals surface area contributed by atoms with E-state index in [1.54, 1.807) is 6.20 Å². The molecule has 1 N–H and O–H groups in total. The molecule has 1 amide bonds. The van der Waals surface area contributed by atoms with Crippen LogP contribution in [0.15, 0.2) is 90.7 Å². The molecule has 2 heterocycles. The Morgan fingerprint density at radius 2 is 1.57 bits per heavy atom. The number of aromatic nitrogens is 1. The zero-order valence-corrected chi connectivity index (χ0v) is 23.3. The van der Waals surface area contributed by atoms with Gasteiger partial charge in [-0.2, -0.15) is 0 Å². The molecule has 4 aromatic rings. The van der Waals surface area contributed by atoms with Gasteiger partial charge in [-0.25, -0.2) is 4.79 Å². The second-order valence-electron chi connectivity index (χ2n) is 11.5. The van der Waals surface area contributed by atoms with E-state index in [9.17, 15) is 4.79 Å². The van der Waals surface area contributed by atoms with Crippen molar-refractivity contribution in [1.29, 1.82) is 0 Å². The molecule has 6 nitrogen and oxygen atoms in total. The molecule has 1 aromatic heterocycles. The van der Waals surface area contributed by atoms with Gasteiger partial charge in [-0.15, -0.1) is 0 Å². The van der Waals surface area contributed by atoms with Crippen LogP contribution in [0, 0.1) is 0 Å². The summed E-state index contributed by atoms with van der Waals surface area (Å²) in [7, 11) is -0.605. The highest BCUT2D eigenvalue weighted by Crippen LogP contribution is 2.44. The maximum absolute atomic E-state index is 13.0. The predicted molar refractivity (Wildman–Crippen MR) is 159 cm³/mol. The third kappa shape index (κ3) is 4.91. The average molecular weight is 532 g/mol. The van der Waals surface area contributed by atoms with Gasteiger partial charge in [0.25, 0.3) is 0 Å². The second-order valence-corrected chi connectivity index (χ2v) is 11.5. The van der Waals surface area contributed by atoms with Gasteiger partial charge in [0.15, 0.2) is 0 Å². The third-order valence-electron chi connectivity index (χ3n) is 8.35. The summed E-state index contributed by atoms with van der Waals surface area (Å²) in [6.45, 7) is 8.56. The van der Waals surface area contributed by atoms with E-state index in [2.05, 4.69) is 40.6 Å². The summed E-state index contributed by atoms with van der Waals surface area (Å²) in [6.07, 6.45) is 5.17. The summed E-state index contributed by atoms with van der Waals surface area (Å²) in [5.41, 5.74) is 5.54. The number of pyridine rings is 1. The van der Waals surface area contributed by atoms with Crippen LogP contribution in [0.4, 0.5) is 4.79 Å². The first-order valence-corrected chi connectivity index (χ1v) is 13.7. The Balaban J connectivity index is 1.19. The number of alkyl carbamates (subject to hydrolysis) is 1. The number of carbonyl (C=O) groups excluding carboxylic acids is 1. The lowest BCUT2D eigenvalue weighted by Gasteiger charge is -2.32. The fraction of sp³-hybridized carbons (Fsp3) is 0.273. The van der Waals surface area contributed by atoms with E-state index in [0.717, 1.165) is 21.8 Å². The van der Waals surface area contributed by atoms with Crippen LogP contribution in [-0.2, 0) is 14.0 Å². The van der Waals surface area contributed by atoms with Gasteiger partial charge in [0.05, 0.1) is 11.2 Å². The van der Waals surface area contributed by atoms with Crippen molar-refractivity contribution in [3.05, 3.63) is 107 Å². The largest absolute Gasteiger partial charge is 0.492 e. The van der Waals surface area contributed by atoms with E-state index in [4.69, 9.17) is 14.0 Å². The van der Waals surface area contributed by atoms with Gasteiger partial charge in [-0.1, -0.05) is 66.7 Å². The van der Waals surface area contributed by atoms with Crippen molar-refractivity contribution in [1.82, 2.24) is 10.3 Å². The van der Waals surface area contributed by atoms with Gasteiger partial charge in [0, 0.05) is 30.2 Å². The number of fused-ring (bicyclic) bond motifs is 4. The van der Waals surface area contributed by atoms with Gasteiger partial charge in [-0.3, -0.25) is 4.98 Å². The topological polar surface area (TPSA) is 69.7 Å². The van der Waals surface area contributed by atoms with E-state index < -0.39 is 24.4 Å². The SMILES string of the molecule is CC1(C)OB(C(=Cc2ccc3cnccc3c2)CNC(=O)OCC2c3ccccc3-c3ccccc32)OC1(C)C. The number of hydrogen-bond donors (Lipinski definition) is 1. The first-order valence-electron chi connectivity index (χ1n) is 13.7. The van der Waals surface area contributed by atoms with Crippen LogP contribution in [0.2, 0.25) is 0 Å². The molecule has 1 fully saturated rings. The molecule has 7 heteroatoms. The molecule has 1 saturated heterocycles. The van der Waals surface area contributed by atoms with E-state index in [0.29, 0.717) is 0 Å². The van der Waals surface area contributed by atoms with Crippen molar-refractivity contribution in [2.75, 3.05) is 13.2 Å². The summed E-state index contributed by atoms with van der Waals surface area (Å²) < 4.78 is 18.5. The Kier molecular flexibility index (Phi) is 6.73. The van der Waals surface area contributed by atoms with E-state index in [1.165, 1.54) is 22.3 Å². The molecule has 0 atom stereocenters. The number of benzene rings is 3. The third-order valence-corrected chi connectivity index (χ3v) is 8.35. The molecule has 2 aliphatic rings.